The fourth-order valence-corrected chi connectivity index (χ4v) is 3.39. The normalized spacial score (nSPS) is 10.6. The molecular weight excluding hydrogens is 451 g/mol. The quantitative estimate of drug-likeness (QED) is 0.443. The van der Waals surface area contributed by atoms with Crippen molar-refractivity contribution in [2.24, 2.45) is 0 Å². The Morgan fingerprint density at radius 1 is 1.13 bits per heavy atom. The topological polar surface area (TPSA) is 100 Å². The summed E-state index contributed by atoms with van der Waals surface area (Å²) in [7, 11) is 3.78. The van der Waals surface area contributed by atoms with Gasteiger partial charge in [-0.1, -0.05) is 6.07 Å². The van der Waals surface area contributed by atoms with Gasteiger partial charge in [0.05, 0.1) is 46.7 Å². The van der Waals surface area contributed by atoms with E-state index in [1.165, 1.54) is 29.1 Å². The van der Waals surface area contributed by atoms with Crippen molar-refractivity contribution < 1.29 is 9.13 Å². The Morgan fingerprint density at radius 2 is 1.87 bits per heavy atom. The van der Waals surface area contributed by atoms with Crippen LogP contribution in [0.2, 0.25) is 0 Å². The van der Waals surface area contributed by atoms with Gasteiger partial charge in [0.25, 0.3) is 0 Å². The molecule has 4 aromatic rings. The van der Waals surface area contributed by atoms with Gasteiger partial charge in [-0.25, -0.2) is 9.07 Å². The number of fused-ring (bicyclic) bond motifs is 1. The second-order valence-electron chi connectivity index (χ2n) is 6.31. The summed E-state index contributed by atoms with van der Waals surface area (Å²) in [4.78, 5) is 0. The molecule has 0 unspecified atom stereocenters. The maximum Gasteiger partial charge on any atom is 0.180 e. The molecule has 0 aliphatic heterocycles. The fraction of sp³-hybridized carbons (Fsp3) is 0.0476. The molecule has 2 aromatic heterocycles. The highest BCUT2D eigenvalue weighted by molar-refractivity contribution is 9.10. The predicted octanol–water partition coefficient (Wildman–Crippen LogP) is 4.49. The van der Waals surface area contributed by atoms with E-state index in [2.05, 4.69) is 38.3 Å². The summed E-state index contributed by atoms with van der Waals surface area (Å²) < 4.78 is 22.8. The number of hydrogen-bond acceptors (Lipinski definition) is 6. The van der Waals surface area contributed by atoms with E-state index >= 15 is 4.39 Å². The average Bonchev–Trinajstić information content (AvgIpc) is 3.08. The monoisotopic (exact) mass is 461 g/mol. The van der Waals surface area contributed by atoms with E-state index in [-0.39, 0.29) is 29.0 Å². The molecule has 0 aliphatic rings. The molecule has 2 heterocycles. The molecule has 0 saturated heterocycles. The van der Waals surface area contributed by atoms with Crippen LogP contribution in [0.5, 0.6) is 11.5 Å². The van der Waals surface area contributed by atoms with Crippen LogP contribution >= 0.6 is 15.9 Å². The molecule has 145 valence electrons. The molecule has 4 rings (SSSR count). The molecule has 0 saturated carbocycles. The lowest BCUT2D eigenvalue weighted by Gasteiger charge is -2.12. The standard InChI is InChI=1S/C21H11BrFN6O/c1-29-21-16(4-5-26-27-21)18(28-29)9-14-2-3-17(22)20(19(14)23)30-15-7-12(10-24)6-13(8-15)11-25/h2-8H,1,9H2. The molecule has 7 nitrogen and oxygen atoms in total. The number of ether oxygens (including phenoxy) is 1. The van der Waals surface area contributed by atoms with Crippen molar-refractivity contribution in [3.8, 4) is 23.6 Å². The second-order valence-corrected chi connectivity index (χ2v) is 7.17. The fourth-order valence-electron chi connectivity index (χ4n) is 3.01. The number of rotatable bonds is 4. The largest absolute Gasteiger partial charge is 0.453 e. The zero-order valence-corrected chi connectivity index (χ0v) is 16.9. The molecule has 0 spiro atoms. The van der Waals surface area contributed by atoms with Gasteiger partial charge in [-0.2, -0.15) is 20.7 Å². The molecule has 0 amide bonds. The van der Waals surface area contributed by atoms with Gasteiger partial charge < -0.3 is 4.74 Å². The molecular formula is C21H11BrFN6O. The summed E-state index contributed by atoms with van der Waals surface area (Å²) in [5.41, 5.74) is 1.93. The van der Waals surface area contributed by atoms with Crippen LogP contribution < -0.4 is 4.74 Å². The van der Waals surface area contributed by atoms with Gasteiger partial charge >= 0.3 is 0 Å². The first-order valence-corrected chi connectivity index (χ1v) is 9.39. The number of nitrogens with zero attached hydrogens (tertiary/aromatic N) is 6. The van der Waals surface area contributed by atoms with Crippen LogP contribution in [-0.2, 0) is 6.42 Å². The Bertz CT molecular complexity index is 1340. The van der Waals surface area contributed by atoms with Gasteiger partial charge in [0, 0.05) is 11.8 Å². The van der Waals surface area contributed by atoms with Crippen molar-refractivity contribution in [3.05, 3.63) is 82.3 Å². The third kappa shape index (κ3) is 3.59. The maximum absolute atomic E-state index is 15.3. The predicted molar refractivity (Wildman–Crippen MR) is 109 cm³/mol. The van der Waals surface area contributed by atoms with Crippen LogP contribution in [0, 0.1) is 35.5 Å². The maximum atomic E-state index is 15.3. The van der Waals surface area contributed by atoms with Crippen LogP contribution in [0.15, 0.2) is 47.1 Å². The summed E-state index contributed by atoms with van der Waals surface area (Å²) in [6.07, 6.45) is 1.72. The van der Waals surface area contributed by atoms with Crippen molar-refractivity contribution in [1.82, 2.24) is 20.0 Å². The first-order valence-electron chi connectivity index (χ1n) is 8.60. The Kier molecular flexibility index (Phi) is 5.13. The van der Waals surface area contributed by atoms with E-state index < -0.39 is 5.82 Å². The van der Waals surface area contributed by atoms with Crippen molar-refractivity contribution in [2.75, 3.05) is 0 Å². The van der Waals surface area contributed by atoms with Gasteiger partial charge in [0.15, 0.2) is 17.2 Å². The molecule has 0 bridgehead atoms. The number of hydrogen-bond donors (Lipinski definition) is 0. The van der Waals surface area contributed by atoms with Crippen LogP contribution in [0.1, 0.15) is 22.4 Å². The molecule has 0 aliphatic carbocycles. The van der Waals surface area contributed by atoms with Crippen molar-refractivity contribution in [2.45, 2.75) is 6.42 Å². The van der Waals surface area contributed by atoms with Gasteiger partial charge in [0.2, 0.25) is 0 Å². The zero-order valence-electron chi connectivity index (χ0n) is 15.3. The SMILES string of the molecule is [CH2]n1nc(Cc2ccc(Br)c(Oc3cc(C#N)cc(C#N)c3)c2F)c2ccnnc21. The Balaban J connectivity index is 1.73. The number of halogens is 2. The van der Waals surface area contributed by atoms with E-state index in [9.17, 15) is 0 Å². The minimum Gasteiger partial charge on any atom is -0.453 e. The molecule has 2 aromatic carbocycles. The lowest BCUT2D eigenvalue weighted by Crippen LogP contribution is -1.99. The summed E-state index contributed by atoms with van der Waals surface area (Å²) in [5, 5.41) is 31.1. The van der Waals surface area contributed by atoms with Crippen molar-refractivity contribution in [1.29, 1.82) is 10.5 Å². The van der Waals surface area contributed by atoms with E-state index in [0.717, 1.165) is 5.39 Å². The van der Waals surface area contributed by atoms with Crippen molar-refractivity contribution in [3.63, 3.8) is 0 Å². The smallest absolute Gasteiger partial charge is 0.180 e. The van der Waals surface area contributed by atoms with E-state index in [1.807, 2.05) is 12.1 Å². The molecule has 0 N–H and O–H groups in total. The van der Waals surface area contributed by atoms with Gasteiger partial charge in [-0.15, -0.1) is 5.10 Å². The van der Waals surface area contributed by atoms with Crippen LogP contribution in [-0.4, -0.2) is 20.0 Å². The van der Waals surface area contributed by atoms with Crippen LogP contribution in [0.25, 0.3) is 11.0 Å². The Morgan fingerprint density at radius 3 is 2.57 bits per heavy atom. The number of aromatic nitrogens is 4. The van der Waals surface area contributed by atoms with Gasteiger partial charge in [-0.05, 0) is 51.8 Å². The lowest BCUT2D eigenvalue weighted by molar-refractivity contribution is 0.436. The highest BCUT2D eigenvalue weighted by Gasteiger charge is 2.18. The Labute approximate surface area is 179 Å². The minimum absolute atomic E-state index is 0.0513. The first kappa shape index (κ1) is 19.5. The third-order valence-electron chi connectivity index (χ3n) is 4.37. The molecule has 0 atom stereocenters. The highest BCUT2D eigenvalue weighted by atomic mass is 79.9. The van der Waals surface area contributed by atoms with Crippen LogP contribution in [0.3, 0.4) is 0 Å². The molecule has 30 heavy (non-hydrogen) atoms. The number of benzene rings is 2. The zero-order chi connectivity index (χ0) is 21.3. The first-order chi connectivity index (χ1) is 14.5. The van der Waals surface area contributed by atoms with E-state index in [4.69, 9.17) is 15.3 Å². The lowest BCUT2D eigenvalue weighted by atomic mass is 10.1. The van der Waals surface area contributed by atoms with Crippen LogP contribution in [0.4, 0.5) is 4.39 Å². The number of nitriles is 2. The Hall–Kier alpha value is -3.82. The summed E-state index contributed by atoms with van der Waals surface area (Å²) in [6.45, 7) is 0. The molecule has 0 fully saturated rings. The van der Waals surface area contributed by atoms with Gasteiger partial charge in [0.1, 0.15) is 5.75 Å². The van der Waals surface area contributed by atoms with E-state index in [0.29, 0.717) is 21.4 Å². The third-order valence-corrected chi connectivity index (χ3v) is 4.99. The highest BCUT2D eigenvalue weighted by Crippen LogP contribution is 2.36. The molecule has 9 heteroatoms. The summed E-state index contributed by atoms with van der Waals surface area (Å²) >= 11 is 3.30. The molecule has 1 radical (unpaired) electrons. The average molecular weight is 462 g/mol. The van der Waals surface area contributed by atoms with Gasteiger partial charge in [-0.3, -0.25) is 0 Å². The summed E-state index contributed by atoms with van der Waals surface area (Å²) in [6, 6.07) is 13.3. The second kappa shape index (κ2) is 7.90. The van der Waals surface area contributed by atoms with Crippen molar-refractivity contribution >= 4 is 27.0 Å². The minimum atomic E-state index is -0.584. The van der Waals surface area contributed by atoms with E-state index in [1.54, 1.807) is 18.2 Å². The summed E-state index contributed by atoms with van der Waals surface area (Å²) in [5.74, 6) is -0.450.